The minimum Gasteiger partial charge on any atom is -0.396 e. The standard InChI is InChI=1S/C2H7O4P.2Re/c3-1-2-7(4,5)6;;/h3H,1-2H2,(H2,4,5,6);;. The Balaban J connectivity index is -0.000000180. The van der Waals surface area contributed by atoms with E-state index in [0.717, 1.165) is 0 Å². The molecule has 9 heavy (non-hydrogen) atoms. The molecule has 0 aliphatic carbocycles. The molecule has 0 heterocycles. The summed E-state index contributed by atoms with van der Waals surface area (Å²) in [5.41, 5.74) is 0. The first kappa shape index (κ1) is 16.8. The second kappa shape index (κ2) is 7.54. The van der Waals surface area contributed by atoms with Crippen LogP contribution in [-0.2, 0) is 45.4 Å². The Kier molecular flexibility index (Phi) is 14.1. The minimum absolute atomic E-state index is 0. The zero-order chi connectivity index (χ0) is 5.91. The molecule has 0 aliphatic rings. The van der Waals surface area contributed by atoms with Gasteiger partial charge in [0.05, 0.1) is 12.8 Å². The molecule has 0 saturated carbocycles. The monoisotopic (exact) mass is 500 g/mol. The van der Waals surface area contributed by atoms with E-state index in [1.165, 1.54) is 0 Å². The van der Waals surface area contributed by atoms with Gasteiger partial charge in [0.2, 0.25) is 0 Å². The van der Waals surface area contributed by atoms with Crippen LogP contribution >= 0.6 is 7.60 Å². The normalized spacial score (nSPS) is 9.22. The molecule has 0 aromatic carbocycles. The van der Waals surface area contributed by atoms with Gasteiger partial charge in [-0.25, -0.2) is 0 Å². The summed E-state index contributed by atoms with van der Waals surface area (Å²) in [6.07, 6.45) is -0.438. The third kappa shape index (κ3) is 17.7. The largest absolute Gasteiger partial charge is 0.396 e. The van der Waals surface area contributed by atoms with Crippen LogP contribution in [-0.4, -0.2) is 27.7 Å². The van der Waals surface area contributed by atoms with Crippen molar-refractivity contribution in [3.8, 4) is 0 Å². The fraction of sp³-hybridized carbons (Fsp3) is 1.00. The molecule has 0 rings (SSSR count). The van der Waals surface area contributed by atoms with Crippen molar-refractivity contribution in [1.82, 2.24) is 0 Å². The average Bonchev–Trinajstić information content (AvgIpc) is 1.30. The van der Waals surface area contributed by atoms with Crippen molar-refractivity contribution in [3.05, 3.63) is 0 Å². The number of hydrogen-bond acceptors (Lipinski definition) is 2. The Morgan fingerprint density at radius 3 is 1.56 bits per heavy atom. The maximum absolute atomic E-state index is 9.77. The number of hydrogen-bond donors (Lipinski definition) is 3. The summed E-state index contributed by atoms with van der Waals surface area (Å²) in [4.78, 5) is 15.9. The molecule has 58 valence electrons. The summed E-state index contributed by atoms with van der Waals surface area (Å²) in [6.45, 7) is -0.454. The summed E-state index contributed by atoms with van der Waals surface area (Å²) < 4.78 is 9.77. The van der Waals surface area contributed by atoms with E-state index in [1.54, 1.807) is 0 Å². The van der Waals surface area contributed by atoms with Gasteiger partial charge >= 0.3 is 7.60 Å². The van der Waals surface area contributed by atoms with Crippen LogP contribution < -0.4 is 0 Å². The second-order valence-electron chi connectivity index (χ2n) is 1.11. The van der Waals surface area contributed by atoms with Gasteiger partial charge in [-0.15, -0.1) is 0 Å². The molecule has 0 spiro atoms. The van der Waals surface area contributed by atoms with E-state index in [1.807, 2.05) is 0 Å². The quantitative estimate of drug-likeness (QED) is 0.434. The van der Waals surface area contributed by atoms with E-state index in [4.69, 9.17) is 14.9 Å². The molecule has 0 bridgehead atoms. The molecule has 0 aromatic rings. The molecule has 7 heteroatoms. The van der Waals surface area contributed by atoms with Crippen molar-refractivity contribution in [2.75, 3.05) is 12.8 Å². The van der Waals surface area contributed by atoms with Crippen LogP contribution in [0.25, 0.3) is 0 Å². The van der Waals surface area contributed by atoms with Crippen LogP contribution in [0.1, 0.15) is 0 Å². The van der Waals surface area contributed by atoms with Gasteiger partial charge in [-0.2, -0.15) is 0 Å². The van der Waals surface area contributed by atoms with Crippen molar-refractivity contribution in [2.24, 2.45) is 0 Å². The summed E-state index contributed by atoms with van der Waals surface area (Å²) in [5.74, 6) is 0. The van der Waals surface area contributed by atoms with Crippen molar-refractivity contribution < 1.29 is 60.3 Å². The van der Waals surface area contributed by atoms with Crippen LogP contribution in [0.4, 0.5) is 0 Å². The Bertz CT molecular complexity index is 90.6. The van der Waals surface area contributed by atoms with Crippen LogP contribution in [0.5, 0.6) is 0 Å². The smallest absolute Gasteiger partial charge is 0.327 e. The Morgan fingerprint density at radius 2 is 1.56 bits per heavy atom. The summed E-state index contributed by atoms with van der Waals surface area (Å²) in [5, 5.41) is 7.91. The predicted octanol–water partition coefficient (Wildman–Crippen LogP) is -0.849. The zero-order valence-electron chi connectivity index (χ0n) is 4.37. The van der Waals surface area contributed by atoms with E-state index in [0.29, 0.717) is 0 Å². The first-order valence-corrected chi connectivity index (χ1v) is 3.51. The molecule has 0 fully saturated rings. The first-order valence-electron chi connectivity index (χ1n) is 1.72. The van der Waals surface area contributed by atoms with Crippen molar-refractivity contribution in [3.63, 3.8) is 0 Å². The van der Waals surface area contributed by atoms with Crippen LogP contribution in [0.3, 0.4) is 0 Å². The maximum Gasteiger partial charge on any atom is 0.327 e. The number of rotatable bonds is 2. The Labute approximate surface area is 80.5 Å². The van der Waals surface area contributed by atoms with Gasteiger partial charge in [-0.05, 0) is 0 Å². The molecular formula is C2H7O4PRe2. The van der Waals surface area contributed by atoms with E-state index in [2.05, 4.69) is 0 Å². The Morgan fingerprint density at radius 1 is 1.22 bits per heavy atom. The van der Waals surface area contributed by atoms with E-state index in [-0.39, 0.29) is 40.8 Å². The molecule has 0 aliphatic heterocycles. The SMILES string of the molecule is O=P(O)(O)CCO.[Re].[Re]. The molecule has 4 nitrogen and oxygen atoms in total. The molecular weight excluding hydrogens is 491 g/mol. The summed E-state index contributed by atoms with van der Waals surface area (Å²) in [6, 6.07) is 0. The molecule has 0 saturated heterocycles. The molecule has 0 amide bonds. The minimum atomic E-state index is -3.92. The second-order valence-corrected chi connectivity index (χ2v) is 2.89. The van der Waals surface area contributed by atoms with Crippen LogP contribution in [0.15, 0.2) is 0 Å². The molecule has 3 N–H and O–H groups in total. The third-order valence-corrected chi connectivity index (χ3v) is 1.17. The zero-order valence-corrected chi connectivity index (χ0v) is 10.7. The Hall–Kier alpha value is 1.43. The van der Waals surface area contributed by atoms with E-state index in [9.17, 15) is 4.57 Å². The fourth-order valence-electron chi connectivity index (χ4n) is 0.130. The van der Waals surface area contributed by atoms with E-state index < -0.39 is 20.4 Å². The van der Waals surface area contributed by atoms with Gasteiger partial charge in [-0.1, -0.05) is 0 Å². The van der Waals surface area contributed by atoms with Crippen molar-refractivity contribution in [1.29, 1.82) is 0 Å². The van der Waals surface area contributed by atoms with Crippen LogP contribution in [0.2, 0.25) is 0 Å². The van der Waals surface area contributed by atoms with Crippen molar-refractivity contribution in [2.45, 2.75) is 0 Å². The van der Waals surface area contributed by atoms with Gasteiger partial charge < -0.3 is 14.9 Å². The maximum atomic E-state index is 9.77. The molecule has 0 unspecified atom stereocenters. The molecule has 0 aromatic heterocycles. The van der Waals surface area contributed by atoms with Gasteiger partial charge in [0.15, 0.2) is 0 Å². The molecule has 0 atom stereocenters. The average molecular weight is 498 g/mol. The van der Waals surface area contributed by atoms with Crippen molar-refractivity contribution >= 4 is 7.60 Å². The number of aliphatic hydroxyl groups is 1. The van der Waals surface area contributed by atoms with Crippen LogP contribution in [0, 0.1) is 0 Å². The number of aliphatic hydroxyl groups excluding tert-OH is 1. The first-order chi connectivity index (χ1) is 3.06. The van der Waals surface area contributed by atoms with E-state index >= 15 is 0 Å². The topological polar surface area (TPSA) is 77.8 Å². The summed E-state index contributed by atoms with van der Waals surface area (Å²) >= 11 is 0. The third-order valence-electron chi connectivity index (χ3n) is 0.391. The summed E-state index contributed by atoms with van der Waals surface area (Å²) in [7, 11) is -3.92. The van der Waals surface area contributed by atoms with Gasteiger partial charge in [0.25, 0.3) is 0 Å². The molecule has 2 radical (unpaired) electrons. The van der Waals surface area contributed by atoms with Gasteiger partial charge in [0, 0.05) is 40.8 Å². The van der Waals surface area contributed by atoms with Gasteiger partial charge in [0.1, 0.15) is 0 Å². The fourth-order valence-corrected chi connectivity index (χ4v) is 0.391. The predicted molar refractivity (Wildman–Crippen MR) is 24.0 cm³/mol. The van der Waals surface area contributed by atoms with Gasteiger partial charge in [-0.3, -0.25) is 4.57 Å².